The number of nitrogens with zero attached hydrogens (tertiary/aromatic N) is 1. The summed E-state index contributed by atoms with van der Waals surface area (Å²) in [4.78, 5) is 4.29. The molecule has 0 radical (unpaired) electrons. The van der Waals surface area contributed by atoms with E-state index in [4.69, 9.17) is 5.73 Å². The van der Waals surface area contributed by atoms with Gasteiger partial charge in [0.2, 0.25) is 0 Å². The lowest BCUT2D eigenvalue weighted by Crippen LogP contribution is -2.16. The van der Waals surface area contributed by atoms with Gasteiger partial charge in [-0.05, 0) is 31.5 Å². The van der Waals surface area contributed by atoms with Crippen LogP contribution in [-0.4, -0.2) is 4.98 Å². The molecule has 1 aromatic heterocycles. The van der Waals surface area contributed by atoms with Crippen LogP contribution in [-0.2, 0) is 6.42 Å². The SMILES string of the molecule is Cc1ccc(CC(N)c2cc(C)ccc2F)nc1. The molecule has 0 fully saturated rings. The van der Waals surface area contributed by atoms with E-state index in [-0.39, 0.29) is 11.9 Å². The number of benzene rings is 1. The number of halogens is 1. The third kappa shape index (κ3) is 2.93. The smallest absolute Gasteiger partial charge is 0.128 e. The van der Waals surface area contributed by atoms with Crippen LogP contribution in [0.5, 0.6) is 0 Å². The van der Waals surface area contributed by atoms with Crippen molar-refractivity contribution in [2.45, 2.75) is 26.3 Å². The number of hydrogen-bond acceptors (Lipinski definition) is 2. The number of rotatable bonds is 3. The largest absolute Gasteiger partial charge is 0.324 e. The van der Waals surface area contributed by atoms with E-state index in [9.17, 15) is 4.39 Å². The average Bonchev–Trinajstić information content (AvgIpc) is 2.35. The summed E-state index contributed by atoms with van der Waals surface area (Å²) in [5.41, 5.74) is 9.61. The fraction of sp³-hybridized carbons (Fsp3) is 0.267. The second kappa shape index (κ2) is 5.27. The lowest BCUT2D eigenvalue weighted by molar-refractivity contribution is 0.577. The first-order chi connectivity index (χ1) is 8.56. The zero-order valence-corrected chi connectivity index (χ0v) is 10.7. The molecule has 1 aromatic carbocycles. The maximum absolute atomic E-state index is 13.7. The van der Waals surface area contributed by atoms with Crippen LogP contribution < -0.4 is 5.73 Å². The molecule has 0 aliphatic rings. The average molecular weight is 244 g/mol. The summed E-state index contributed by atoms with van der Waals surface area (Å²) in [6.45, 7) is 3.91. The third-order valence-electron chi connectivity index (χ3n) is 2.95. The quantitative estimate of drug-likeness (QED) is 0.901. The highest BCUT2D eigenvalue weighted by Crippen LogP contribution is 2.19. The van der Waals surface area contributed by atoms with Gasteiger partial charge in [0.1, 0.15) is 5.82 Å². The summed E-state index contributed by atoms with van der Waals surface area (Å²) < 4.78 is 13.7. The maximum Gasteiger partial charge on any atom is 0.128 e. The van der Waals surface area contributed by atoms with Gasteiger partial charge in [-0.25, -0.2) is 4.39 Å². The van der Waals surface area contributed by atoms with Gasteiger partial charge in [0.25, 0.3) is 0 Å². The van der Waals surface area contributed by atoms with Crippen LogP contribution >= 0.6 is 0 Å². The molecule has 3 heteroatoms. The fourth-order valence-electron chi connectivity index (χ4n) is 1.90. The van der Waals surface area contributed by atoms with E-state index in [2.05, 4.69) is 4.98 Å². The number of nitrogens with two attached hydrogens (primary N) is 1. The predicted molar refractivity (Wildman–Crippen MR) is 70.7 cm³/mol. The molecule has 1 unspecified atom stereocenters. The second-order valence-corrected chi connectivity index (χ2v) is 4.66. The summed E-state index contributed by atoms with van der Waals surface area (Å²) in [5, 5.41) is 0. The maximum atomic E-state index is 13.7. The number of hydrogen-bond donors (Lipinski definition) is 1. The first-order valence-corrected chi connectivity index (χ1v) is 5.99. The molecule has 0 saturated heterocycles. The monoisotopic (exact) mass is 244 g/mol. The molecule has 18 heavy (non-hydrogen) atoms. The molecule has 0 aliphatic carbocycles. The molecule has 0 saturated carbocycles. The van der Waals surface area contributed by atoms with Crippen molar-refractivity contribution in [2.75, 3.05) is 0 Å². The standard InChI is InChI=1S/C15H17FN2/c1-10-4-6-14(16)13(7-10)15(17)8-12-5-3-11(2)9-18-12/h3-7,9,15H,8,17H2,1-2H3. The van der Waals surface area contributed by atoms with Crippen molar-refractivity contribution < 1.29 is 4.39 Å². The number of aryl methyl sites for hydroxylation is 2. The molecule has 0 aliphatic heterocycles. The Morgan fingerprint density at radius 2 is 1.89 bits per heavy atom. The van der Waals surface area contributed by atoms with Gasteiger partial charge in [0.05, 0.1) is 0 Å². The van der Waals surface area contributed by atoms with E-state index in [1.165, 1.54) is 6.07 Å². The molecule has 2 aromatic rings. The molecule has 2 N–H and O–H groups in total. The van der Waals surface area contributed by atoms with Crippen LogP contribution in [0.1, 0.15) is 28.4 Å². The van der Waals surface area contributed by atoms with E-state index in [0.29, 0.717) is 12.0 Å². The summed E-state index contributed by atoms with van der Waals surface area (Å²) in [7, 11) is 0. The van der Waals surface area contributed by atoms with Crippen molar-refractivity contribution in [3.63, 3.8) is 0 Å². The molecule has 0 amide bonds. The van der Waals surface area contributed by atoms with Gasteiger partial charge in [-0.1, -0.05) is 23.8 Å². The molecular formula is C15H17FN2. The number of aromatic nitrogens is 1. The minimum absolute atomic E-state index is 0.250. The Balaban J connectivity index is 2.18. The first kappa shape index (κ1) is 12.7. The van der Waals surface area contributed by atoms with E-state index in [1.54, 1.807) is 18.3 Å². The van der Waals surface area contributed by atoms with Gasteiger partial charge < -0.3 is 5.73 Å². The van der Waals surface area contributed by atoms with Gasteiger partial charge >= 0.3 is 0 Å². The van der Waals surface area contributed by atoms with Crippen LogP contribution in [0.3, 0.4) is 0 Å². The second-order valence-electron chi connectivity index (χ2n) is 4.66. The topological polar surface area (TPSA) is 38.9 Å². The Hall–Kier alpha value is -1.74. The highest BCUT2D eigenvalue weighted by atomic mass is 19.1. The predicted octanol–water partition coefficient (Wildman–Crippen LogP) is 3.08. The highest BCUT2D eigenvalue weighted by molar-refractivity contribution is 5.28. The molecule has 1 atom stereocenters. The molecule has 0 spiro atoms. The van der Waals surface area contributed by atoms with Gasteiger partial charge in [0, 0.05) is 29.9 Å². The van der Waals surface area contributed by atoms with Crippen molar-refractivity contribution in [1.82, 2.24) is 4.98 Å². The van der Waals surface area contributed by atoms with E-state index in [0.717, 1.165) is 16.8 Å². The van der Waals surface area contributed by atoms with Crippen LogP contribution in [0.15, 0.2) is 36.5 Å². The summed E-state index contributed by atoms with van der Waals surface area (Å²) in [5.74, 6) is -0.250. The normalized spacial score (nSPS) is 12.4. The lowest BCUT2D eigenvalue weighted by Gasteiger charge is -2.13. The van der Waals surface area contributed by atoms with Gasteiger partial charge in [0.15, 0.2) is 0 Å². The van der Waals surface area contributed by atoms with Crippen LogP contribution in [0, 0.1) is 19.7 Å². The van der Waals surface area contributed by atoms with Crippen molar-refractivity contribution in [2.24, 2.45) is 5.73 Å². The van der Waals surface area contributed by atoms with Crippen molar-refractivity contribution in [3.8, 4) is 0 Å². The molecule has 2 nitrogen and oxygen atoms in total. The molecule has 1 heterocycles. The van der Waals surface area contributed by atoms with Crippen LogP contribution in [0.25, 0.3) is 0 Å². The van der Waals surface area contributed by atoms with Gasteiger partial charge in [-0.15, -0.1) is 0 Å². The van der Waals surface area contributed by atoms with Crippen LogP contribution in [0.2, 0.25) is 0 Å². The first-order valence-electron chi connectivity index (χ1n) is 5.99. The van der Waals surface area contributed by atoms with E-state index >= 15 is 0 Å². The summed E-state index contributed by atoms with van der Waals surface area (Å²) in [6, 6.07) is 8.57. The minimum Gasteiger partial charge on any atom is -0.324 e. The van der Waals surface area contributed by atoms with Crippen LogP contribution in [0.4, 0.5) is 4.39 Å². The Labute approximate surface area is 107 Å². The summed E-state index contributed by atoms with van der Waals surface area (Å²) >= 11 is 0. The van der Waals surface area contributed by atoms with E-state index in [1.807, 2.05) is 26.0 Å². The lowest BCUT2D eigenvalue weighted by atomic mass is 10.00. The van der Waals surface area contributed by atoms with Crippen molar-refractivity contribution >= 4 is 0 Å². The molecular weight excluding hydrogens is 227 g/mol. The molecule has 2 rings (SSSR count). The highest BCUT2D eigenvalue weighted by Gasteiger charge is 2.12. The third-order valence-corrected chi connectivity index (χ3v) is 2.95. The van der Waals surface area contributed by atoms with E-state index < -0.39 is 0 Å². The van der Waals surface area contributed by atoms with Crippen molar-refractivity contribution in [1.29, 1.82) is 0 Å². The van der Waals surface area contributed by atoms with Crippen molar-refractivity contribution in [3.05, 3.63) is 64.7 Å². The molecule has 0 bridgehead atoms. The Morgan fingerprint density at radius 1 is 1.17 bits per heavy atom. The van der Waals surface area contributed by atoms with Gasteiger partial charge in [-0.3, -0.25) is 4.98 Å². The Bertz CT molecular complexity index is 535. The summed E-state index contributed by atoms with van der Waals surface area (Å²) in [6.07, 6.45) is 2.34. The zero-order chi connectivity index (χ0) is 13.1. The molecule has 94 valence electrons. The fourth-order valence-corrected chi connectivity index (χ4v) is 1.90. The van der Waals surface area contributed by atoms with Gasteiger partial charge in [-0.2, -0.15) is 0 Å². The minimum atomic E-state index is -0.361. The zero-order valence-electron chi connectivity index (χ0n) is 10.7. The number of pyridine rings is 1. The Morgan fingerprint density at radius 3 is 2.56 bits per heavy atom. The Kier molecular flexibility index (Phi) is 3.72.